The molecule has 0 bridgehead atoms. The van der Waals surface area contributed by atoms with Crippen LogP contribution in [0.15, 0.2) is 103 Å². The van der Waals surface area contributed by atoms with Gasteiger partial charge in [-0.25, -0.2) is 0 Å². The van der Waals surface area contributed by atoms with Crippen LogP contribution >= 0.6 is 23.3 Å². The monoisotopic (exact) mass is 787 g/mol. The molecule has 47 heavy (non-hydrogen) atoms. The van der Waals surface area contributed by atoms with Crippen LogP contribution in [0.3, 0.4) is 0 Å². The molecule has 0 fully saturated rings. The van der Waals surface area contributed by atoms with Gasteiger partial charge in [-0.05, 0) is 29.9 Å². The summed E-state index contributed by atoms with van der Waals surface area (Å²) in [7, 11) is 0. The summed E-state index contributed by atoms with van der Waals surface area (Å²) in [6, 6.07) is 34.2. The van der Waals surface area contributed by atoms with Crippen LogP contribution in [0.25, 0.3) is 10.2 Å². The van der Waals surface area contributed by atoms with E-state index in [-0.39, 0.29) is 42.8 Å². The molecule has 0 saturated heterocycles. The zero-order valence-electron chi connectivity index (χ0n) is 25.1. The Labute approximate surface area is 292 Å². The molecule has 2 aliphatic rings. The van der Waals surface area contributed by atoms with Crippen LogP contribution in [-0.4, -0.2) is 63.5 Å². The summed E-state index contributed by atoms with van der Waals surface area (Å²) < 4.78 is 28.3. The first-order chi connectivity index (χ1) is 22.4. The molecule has 0 amide bonds. The first-order valence-electron chi connectivity index (χ1n) is 13.8. The fourth-order valence-corrected chi connectivity index (χ4v) is 10.2. The Morgan fingerprint density at radius 3 is 1.77 bits per heavy atom. The molecule has 0 saturated carbocycles. The predicted molar refractivity (Wildman–Crippen MR) is 190 cm³/mol. The van der Waals surface area contributed by atoms with Crippen molar-refractivity contribution >= 4 is 93.5 Å². The summed E-state index contributed by atoms with van der Waals surface area (Å²) in [6.45, 7) is 1.08. The summed E-state index contributed by atoms with van der Waals surface area (Å²) in [4.78, 5) is 20.4. The SMILES string of the molecule is CC(=O)O.CSC(=O)c1cccc2nnsc12.N.c1ccc2c(c1)Oc1cccc(Oc3cccc4c3[As]c3ccccc3O4)c1[As]2. The summed E-state index contributed by atoms with van der Waals surface area (Å²) in [5, 5.41) is 11.4. The van der Waals surface area contributed by atoms with E-state index in [4.69, 9.17) is 24.1 Å². The Morgan fingerprint density at radius 2 is 1.23 bits per heavy atom. The van der Waals surface area contributed by atoms with E-state index in [1.54, 1.807) is 12.3 Å². The molecule has 0 spiro atoms. The number of aliphatic carboxylic acids is 1. The Balaban J connectivity index is 0.000000201. The summed E-state index contributed by atoms with van der Waals surface area (Å²) in [5.41, 5.74) is 1.50. The van der Waals surface area contributed by atoms with Gasteiger partial charge in [0.2, 0.25) is 5.12 Å². The Hall–Kier alpha value is -4.11. The predicted octanol–water partition coefficient (Wildman–Crippen LogP) is 5.45. The van der Waals surface area contributed by atoms with Crippen molar-refractivity contribution in [1.82, 2.24) is 15.7 Å². The number of fused-ring (bicyclic) bond motifs is 5. The maximum absolute atomic E-state index is 11.4. The van der Waals surface area contributed by atoms with Gasteiger partial charge in [-0.15, -0.1) is 5.10 Å². The number of carbonyl (C=O) groups excluding carboxylic acids is 1. The van der Waals surface area contributed by atoms with Crippen molar-refractivity contribution in [3.05, 3.63) is 109 Å². The Kier molecular flexibility index (Phi) is 11.4. The zero-order valence-corrected chi connectivity index (χ0v) is 30.5. The van der Waals surface area contributed by atoms with Crippen molar-refractivity contribution in [2.45, 2.75) is 6.92 Å². The van der Waals surface area contributed by atoms with E-state index in [0.29, 0.717) is 5.56 Å². The van der Waals surface area contributed by atoms with Gasteiger partial charge in [0.15, 0.2) is 0 Å². The number of hydrogen-bond acceptors (Lipinski definition) is 10. The Morgan fingerprint density at radius 1 is 0.745 bits per heavy atom. The molecule has 5 aromatic carbocycles. The van der Waals surface area contributed by atoms with Gasteiger partial charge in [-0.1, -0.05) is 22.3 Å². The number of carboxylic acid groups (broad SMARTS) is 1. The molecule has 0 aliphatic carbocycles. The second kappa shape index (κ2) is 15.7. The van der Waals surface area contributed by atoms with Gasteiger partial charge >= 0.3 is 183 Å². The van der Waals surface area contributed by atoms with Gasteiger partial charge < -0.3 is 11.3 Å². The van der Waals surface area contributed by atoms with E-state index in [2.05, 4.69) is 33.9 Å². The molecule has 4 N–H and O–H groups in total. The number of benzene rings is 5. The second-order valence-corrected chi connectivity index (χ2v) is 16.0. The van der Waals surface area contributed by atoms with Crippen molar-refractivity contribution in [2.75, 3.05) is 6.26 Å². The quantitative estimate of drug-likeness (QED) is 0.222. The normalized spacial score (nSPS) is 12.6. The number of thioether (sulfide) groups is 1. The summed E-state index contributed by atoms with van der Waals surface area (Å²) in [5.74, 6) is 4.66. The van der Waals surface area contributed by atoms with E-state index >= 15 is 0 Å². The third-order valence-electron chi connectivity index (χ3n) is 6.46. The average molecular weight is 788 g/mol. The van der Waals surface area contributed by atoms with Crippen LogP contribution in [0.2, 0.25) is 0 Å². The molecule has 236 valence electrons. The van der Waals surface area contributed by atoms with E-state index in [9.17, 15) is 4.79 Å². The van der Waals surface area contributed by atoms with Crippen LogP contribution in [0.1, 0.15) is 17.3 Å². The number of nitrogens with zero attached hydrogens (tertiary/aromatic N) is 2. The van der Waals surface area contributed by atoms with Crippen molar-refractivity contribution in [3.8, 4) is 34.5 Å². The van der Waals surface area contributed by atoms with Gasteiger partial charge in [-0.3, -0.25) is 9.59 Å². The number of ether oxygens (including phenoxy) is 3. The molecule has 6 aromatic rings. The van der Waals surface area contributed by atoms with Gasteiger partial charge in [0, 0.05) is 12.5 Å². The van der Waals surface area contributed by atoms with E-state index < -0.39 is 5.97 Å². The van der Waals surface area contributed by atoms with E-state index in [1.807, 2.05) is 72.8 Å². The molecule has 3 heterocycles. The summed E-state index contributed by atoms with van der Waals surface area (Å²) in [6.07, 6.45) is 1.77. The van der Waals surface area contributed by atoms with Gasteiger partial charge in [-0.2, -0.15) is 0 Å². The number of hydrogen-bond donors (Lipinski definition) is 2. The molecule has 2 aliphatic heterocycles. The number of rotatable bonds is 3. The van der Waals surface area contributed by atoms with E-state index in [1.165, 1.54) is 40.7 Å². The molecule has 8 rings (SSSR count). The standard InChI is InChI=1S/C24H14As2O3.C8H6N2OS2.C2H4O2.H3N/c1-3-9-17-15(7-1)25-23-19(27-17)11-5-13-21(23)29-22-14-6-12-20-24(22)26-16-8-2-4-10-18(16)28-20;1-12-8(11)5-3-2-4-6-7(5)13-10-9-6;1-2(3)4;/h1-14H;2-4H,1H3;1H3,(H,3,4);1H3. The fraction of sp³-hybridized carbons (Fsp3) is 0.0588. The number of aromatic nitrogens is 2. The van der Waals surface area contributed by atoms with Crippen LogP contribution < -0.4 is 37.8 Å². The minimum absolute atomic E-state index is 0. The minimum atomic E-state index is -0.833. The molecule has 1 aromatic heterocycles. The van der Waals surface area contributed by atoms with Crippen molar-refractivity contribution in [2.24, 2.45) is 0 Å². The average Bonchev–Trinajstić information content (AvgIpc) is 3.56. The van der Waals surface area contributed by atoms with Gasteiger partial charge in [0.05, 0.1) is 4.70 Å². The topological polar surface area (TPSA) is 143 Å². The number of carbonyl (C=O) groups is 2. The number of carboxylic acids is 1. The van der Waals surface area contributed by atoms with Crippen LogP contribution in [0.5, 0.6) is 34.5 Å². The summed E-state index contributed by atoms with van der Waals surface area (Å²) >= 11 is 2.07. The fourth-order valence-electron chi connectivity index (χ4n) is 4.50. The molecular weight excluding hydrogens is 760 g/mol. The molecular formula is C34H27As2N3O6S2. The maximum atomic E-state index is 11.4. The third kappa shape index (κ3) is 7.89. The van der Waals surface area contributed by atoms with Crippen molar-refractivity contribution < 1.29 is 28.9 Å². The Bertz CT molecular complexity index is 1970. The van der Waals surface area contributed by atoms with E-state index in [0.717, 1.165) is 51.6 Å². The zero-order chi connectivity index (χ0) is 32.0. The van der Waals surface area contributed by atoms with Gasteiger partial charge in [0.25, 0.3) is 5.97 Å². The molecule has 13 heteroatoms. The molecule has 0 unspecified atom stereocenters. The first kappa shape index (κ1) is 34.2. The third-order valence-corrected chi connectivity index (χ3v) is 13.2. The van der Waals surface area contributed by atoms with Crippen LogP contribution in [0, 0.1) is 0 Å². The molecule has 0 atom stereocenters. The van der Waals surface area contributed by atoms with Crippen LogP contribution in [-0.2, 0) is 4.79 Å². The van der Waals surface area contributed by atoms with Gasteiger partial charge in [0.1, 0.15) is 5.52 Å². The van der Waals surface area contributed by atoms with Crippen LogP contribution in [0.4, 0.5) is 0 Å². The molecule has 2 radical (unpaired) electrons. The number of para-hydroxylation sites is 2. The van der Waals surface area contributed by atoms with Crippen molar-refractivity contribution in [3.63, 3.8) is 0 Å². The van der Waals surface area contributed by atoms with Crippen molar-refractivity contribution in [1.29, 1.82) is 0 Å². The molecule has 9 nitrogen and oxygen atoms in total. The first-order valence-corrected chi connectivity index (χ1v) is 19.6. The second-order valence-electron chi connectivity index (χ2n) is 9.61.